The van der Waals surface area contributed by atoms with Crippen LogP contribution in [0.4, 0.5) is 17.2 Å². The van der Waals surface area contributed by atoms with E-state index in [-0.39, 0.29) is 5.91 Å². The third kappa shape index (κ3) is 4.57. The predicted octanol–water partition coefficient (Wildman–Crippen LogP) is 5.36. The van der Waals surface area contributed by atoms with Crippen LogP contribution in [0.3, 0.4) is 0 Å². The topological polar surface area (TPSA) is 63.2 Å². The predicted molar refractivity (Wildman–Crippen MR) is 109 cm³/mol. The lowest BCUT2D eigenvalue weighted by Crippen LogP contribution is -2.12. The molecule has 27 heavy (non-hydrogen) atoms. The number of nitrogens with zero attached hydrogens (tertiary/aromatic N) is 1. The van der Waals surface area contributed by atoms with Crippen LogP contribution in [-0.2, 0) is 0 Å². The second-order valence-electron chi connectivity index (χ2n) is 6.18. The Morgan fingerprint density at radius 1 is 1.11 bits per heavy atom. The summed E-state index contributed by atoms with van der Waals surface area (Å²) in [5, 5.41) is 6.69. The maximum atomic E-state index is 12.4. The Hall–Kier alpha value is -3.05. The lowest BCUT2D eigenvalue weighted by Gasteiger charge is -2.12. The fraction of sp³-hybridized carbons (Fsp3) is 0.143. The molecule has 1 aromatic heterocycles. The summed E-state index contributed by atoms with van der Waals surface area (Å²) in [5.41, 5.74) is 4.07. The smallest absolute Gasteiger partial charge is 0.255 e. The van der Waals surface area contributed by atoms with E-state index in [0.717, 1.165) is 16.8 Å². The molecule has 2 aromatic carbocycles. The summed E-state index contributed by atoms with van der Waals surface area (Å²) in [4.78, 5) is 16.7. The van der Waals surface area contributed by atoms with Gasteiger partial charge in [-0.15, -0.1) is 0 Å². The van der Waals surface area contributed by atoms with Crippen molar-refractivity contribution in [1.29, 1.82) is 0 Å². The number of nitrogens with one attached hydrogen (secondary N) is 2. The number of halogens is 1. The van der Waals surface area contributed by atoms with Crippen LogP contribution in [0.5, 0.6) is 5.75 Å². The van der Waals surface area contributed by atoms with Gasteiger partial charge in [-0.3, -0.25) is 4.79 Å². The molecule has 0 saturated carbocycles. The van der Waals surface area contributed by atoms with Gasteiger partial charge in [0.2, 0.25) is 0 Å². The summed E-state index contributed by atoms with van der Waals surface area (Å²) >= 11 is 6.32. The van der Waals surface area contributed by atoms with E-state index < -0.39 is 0 Å². The van der Waals surface area contributed by atoms with Crippen molar-refractivity contribution >= 4 is 34.7 Å². The molecule has 0 atom stereocenters. The lowest BCUT2D eigenvalue weighted by molar-refractivity contribution is 0.102. The monoisotopic (exact) mass is 381 g/mol. The first-order valence-corrected chi connectivity index (χ1v) is 8.79. The van der Waals surface area contributed by atoms with E-state index in [1.807, 2.05) is 19.9 Å². The SMILES string of the molecule is COc1cccc(C(=O)Nc2ccc(Nc3c(C)cc(C)cc3Cl)nc2)c1. The summed E-state index contributed by atoms with van der Waals surface area (Å²) in [6.45, 7) is 3.99. The number of hydrogen-bond acceptors (Lipinski definition) is 4. The normalized spacial score (nSPS) is 10.4. The Morgan fingerprint density at radius 2 is 1.93 bits per heavy atom. The molecule has 0 fully saturated rings. The minimum absolute atomic E-state index is 0.228. The molecule has 0 spiro atoms. The molecule has 138 valence electrons. The average Bonchev–Trinajstić information content (AvgIpc) is 2.66. The maximum Gasteiger partial charge on any atom is 0.255 e. The van der Waals surface area contributed by atoms with E-state index in [1.165, 1.54) is 0 Å². The van der Waals surface area contributed by atoms with Crippen LogP contribution in [0.1, 0.15) is 21.5 Å². The number of aromatic nitrogens is 1. The first-order valence-electron chi connectivity index (χ1n) is 8.41. The molecule has 3 aromatic rings. The standard InChI is InChI=1S/C21H20ClN3O2/c1-13-9-14(2)20(18(22)10-13)25-19-8-7-16(12-23-19)24-21(26)15-5-4-6-17(11-15)27-3/h4-12H,1-3H3,(H,23,25)(H,24,26). The van der Waals surface area contributed by atoms with Gasteiger partial charge in [0, 0.05) is 5.56 Å². The molecule has 3 rings (SSSR count). The molecule has 0 aliphatic carbocycles. The van der Waals surface area contributed by atoms with Crippen molar-refractivity contribution in [3.63, 3.8) is 0 Å². The summed E-state index contributed by atoms with van der Waals surface area (Å²) < 4.78 is 5.14. The van der Waals surface area contributed by atoms with E-state index in [2.05, 4.69) is 21.7 Å². The van der Waals surface area contributed by atoms with Gasteiger partial charge in [0.05, 0.1) is 29.7 Å². The first kappa shape index (κ1) is 18.7. The number of hydrogen-bond donors (Lipinski definition) is 2. The van der Waals surface area contributed by atoms with Crippen molar-refractivity contribution in [3.05, 3.63) is 76.4 Å². The summed E-state index contributed by atoms with van der Waals surface area (Å²) in [7, 11) is 1.56. The van der Waals surface area contributed by atoms with E-state index in [4.69, 9.17) is 16.3 Å². The van der Waals surface area contributed by atoms with Gasteiger partial charge >= 0.3 is 0 Å². The number of amides is 1. The number of carbonyl (C=O) groups excluding carboxylic acids is 1. The Kier molecular flexibility index (Phi) is 5.62. The van der Waals surface area contributed by atoms with Crippen LogP contribution < -0.4 is 15.4 Å². The van der Waals surface area contributed by atoms with Gasteiger partial charge in [-0.25, -0.2) is 4.98 Å². The van der Waals surface area contributed by atoms with Crippen molar-refractivity contribution in [1.82, 2.24) is 4.98 Å². The van der Waals surface area contributed by atoms with E-state index in [9.17, 15) is 4.79 Å². The zero-order valence-electron chi connectivity index (χ0n) is 15.3. The Morgan fingerprint density at radius 3 is 2.59 bits per heavy atom. The highest BCUT2D eigenvalue weighted by Crippen LogP contribution is 2.29. The van der Waals surface area contributed by atoms with Crippen molar-refractivity contribution in [2.24, 2.45) is 0 Å². The molecule has 1 amide bonds. The lowest BCUT2D eigenvalue weighted by atomic mass is 10.1. The largest absolute Gasteiger partial charge is 0.497 e. The number of benzene rings is 2. The number of methoxy groups -OCH3 is 1. The highest BCUT2D eigenvalue weighted by molar-refractivity contribution is 6.33. The van der Waals surface area contributed by atoms with Crippen LogP contribution in [0.15, 0.2) is 54.7 Å². The second kappa shape index (κ2) is 8.10. The minimum atomic E-state index is -0.228. The van der Waals surface area contributed by atoms with Gasteiger partial charge in [0.25, 0.3) is 5.91 Å². The van der Waals surface area contributed by atoms with Gasteiger partial charge in [0.1, 0.15) is 11.6 Å². The molecule has 0 bridgehead atoms. The van der Waals surface area contributed by atoms with Crippen molar-refractivity contribution in [2.45, 2.75) is 13.8 Å². The maximum absolute atomic E-state index is 12.4. The zero-order valence-corrected chi connectivity index (χ0v) is 16.1. The number of pyridine rings is 1. The molecule has 0 saturated heterocycles. The van der Waals surface area contributed by atoms with Gasteiger partial charge in [0.15, 0.2) is 0 Å². The van der Waals surface area contributed by atoms with Crippen LogP contribution >= 0.6 is 11.6 Å². The number of carbonyl (C=O) groups is 1. The fourth-order valence-corrected chi connectivity index (χ4v) is 3.08. The number of ether oxygens (including phenoxy) is 1. The number of anilines is 3. The fourth-order valence-electron chi connectivity index (χ4n) is 2.71. The third-order valence-electron chi connectivity index (χ3n) is 4.04. The second-order valence-corrected chi connectivity index (χ2v) is 6.59. The Balaban J connectivity index is 1.71. The third-order valence-corrected chi connectivity index (χ3v) is 4.34. The van der Waals surface area contributed by atoms with Crippen LogP contribution in [0, 0.1) is 13.8 Å². The molecule has 0 radical (unpaired) electrons. The highest BCUT2D eigenvalue weighted by atomic mass is 35.5. The molecular weight excluding hydrogens is 362 g/mol. The molecular formula is C21H20ClN3O2. The molecule has 0 aliphatic rings. The van der Waals surface area contributed by atoms with Crippen molar-refractivity contribution < 1.29 is 9.53 Å². The summed E-state index contributed by atoms with van der Waals surface area (Å²) in [6, 6.07) is 14.5. The molecule has 1 heterocycles. The quantitative estimate of drug-likeness (QED) is 0.624. The van der Waals surface area contributed by atoms with Crippen LogP contribution in [-0.4, -0.2) is 18.0 Å². The van der Waals surface area contributed by atoms with Gasteiger partial charge in [-0.2, -0.15) is 0 Å². The number of aryl methyl sites for hydroxylation is 2. The van der Waals surface area contributed by atoms with Gasteiger partial charge in [-0.1, -0.05) is 23.7 Å². The number of rotatable bonds is 5. The Bertz CT molecular complexity index is 948. The van der Waals surface area contributed by atoms with Crippen LogP contribution in [0.2, 0.25) is 5.02 Å². The van der Waals surface area contributed by atoms with Gasteiger partial charge < -0.3 is 15.4 Å². The van der Waals surface area contributed by atoms with E-state index in [0.29, 0.717) is 27.8 Å². The summed E-state index contributed by atoms with van der Waals surface area (Å²) in [5.74, 6) is 1.04. The average molecular weight is 382 g/mol. The van der Waals surface area contributed by atoms with E-state index in [1.54, 1.807) is 49.7 Å². The molecule has 2 N–H and O–H groups in total. The van der Waals surface area contributed by atoms with Crippen molar-refractivity contribution in [2.75, 3.05) is 17.7 Å². The summed E-state index contributed by atoms with van der Waals surface area (Å²) in [6.07, 6.45) is 1.60. The van der Waals surface area contributed by atoms with E-state index >= 15 is 0 Å². The van der Waals surface area contributed by atoms with Crippen molar-refractivity contribution in [3.8, 4) is 5.75 Å². The molecule has 0 aliphatic heterocycles. The zero-order chi connectivity index (χ0) is 19.4. The minimum Gasteiger partial charge on any atom is -0.497 e. The van der Waals surface area contributed by atoms with Crippen LogP contribution in [0.25, 0.3) is 0 Å². The van der Waals surface area contributed by atoms with Gasteiger partial charge in [-0.05, 0) is 61.4 Å². The molecule has 0 unspecified atom stereocenters. The molecule has 5 nitrogen and oxygen atoms in total. The Labute approximate surface area is 163 Å². The highest BCUT2D eigenvalue weighted by Gasteiger charge is 2.09. The molecule has 6 heteroatoms. The first-order chi connectivity index (χ1) is 13.0.